The van der Waals surface area contributed by atoms with Gasteiger partial charge in [-0.1, -0.05) is 6.07 Å². The van der Waals surface area contributed by atoms with E-state index in [0.717, 1.165) is 48.5 Å². The lowest BCUT2D eigenvalue weighted by atomic mass is 9.82. The van der Waals surface area contributed by atoms with Gasteiger partial charge in [0.05, 0.1) is 29.1 Å². The summed E-state index contributed by atoms with van der Waals surface area (Å²) in [4.78, 5) is 32.2. The summed E-state index contributed by atoms with van der Waals surface area (Å²) in [6, 6.07) is 12.2. The molecule has 0 spiro atoms. The van der Waals surface area contributed by atoms with Crippen LogP contribution in [0.15, 0.2) is 59.7 Å². The van der Waals surface area contributed by atoms with Crippen LogP contribution in [-0.4, -0.2) is 36.8 Å². The molecule has 40 heavy (non-hydrogen) atoms. The van der Waals surface area contributed by atoms with Crippen LogP contribution in [0.3, 0.4) is 0 Å². The molecule has 1 aromatic carbocycles. The minimum atomic E-state index is -0.551. The van der Waals surface area contributed by atoms with Crippen molar-refractivity contribution < 1.29 is 18.7 Å². The Morgan fingerprint density at radius 3 is 2.67 bits per heavy atom. The van der Waals surface area contributed by atoms with Crippen LogP contribution >= 0.6 is 0 Å². The van der Waals surface area contributed by atoms with Crippen LogP contribution in [0.25, 0.3) is 16.6 Å². The van der Waals surface area contributed by atoms with Crippen LogP contribution in [0.2, 0.25) is 0 Å². The zero-order valence-corrected chi connectivity index (χ0v) is 23.2. The molecule has 3 aromatic heterocycles. The Hall–Kier alpha value is -4.14. The molecule has 2 unspecified atom stereocenters. The summed E-state index contributed by atoms with van der Waals surface area (Å²) >= 11 is 0. The second-order valence-electron chi connectivity index (χ2n) is 11.6. The summed E-state index contributed by atoms with van der Waals surface area (Å²) in [7, 11) is 2.06. The number of amides is 1. The summed E-state index contributed by atoms with van der Waals surface area (Å²) in [6.45, 7) is 5.84. The standard InChI is InChI=1S/C31H33FN4O4/c1-31(2,3)40-30(38)36-22-6-5-7-25(36)29-24-11-10-21(14-26(24)34(4)27(29)15-22)35-13-12-23(16-28(35)37)39-18-20-9-8-19(32)17-33-20/h8-14,16-17,22,25H,5-7,15,18H2,1-4H3. The van der Waals surface area contributed by atoms with Crippen LogP contribution in [0, 0.1) is 5.82 Å². The smallest absolute Gasteiger partial charge is 0.411 e. The molecule has 0 saturated carbocycles. The van der Waals surface area contributed by atoms with Gasteiger partial charge < -0.3 is 14.0 Å². The molecule has 0 aliphatic carbocycles. The van der Waals surface area contributed by atoms with Gasteiger partial charge >= 0.3 is 6.09 Å². The van der Waals surface area contributed by atoms with E-state index in [0.29, 0.717) is 11.4 Å². The van der Waals surface area contributed by atoms with Gasteiger partial charge in [-0.25, -0.2) is 9.18 Å². The first-order chi connectivity index (χ1) is 19.1. The zero-order valence-electron chi connectivity index (χ0n) is 23.2. The molecule has 2 atom stereocenters. The van der Waals surface area contributed by atoms with E-state index in [9.17, 15) is 14.0 Å². The van der Waals surface area contributed by atoms with Gasteiger partial charge in [0.1, 0.15) is 23.8 Å². The number of aromatic nitrogens is 3. The van der Waals surface area contributed by atoms with E-state index in [2.05, 4.69) is 22.7 Å². The molecule has 8 nitrogen and oxygen atoms in total. The van der Waals surface area contributed by atoms with E-state index in [1.165, 1.54) is 23.4 Å². The fourth-order valence-corrected chi connectivity index (χ4v) is 6.07. The lowest BCUT2D eigenvalue weighted by Gasteiger charge is -2.46. The van der Waals surface area contributed by atoms with E-state index < -0.39 is 11.4 Å². The van der Waals surface area contributed by atoms with Crippen molar-refractivity contribution in [2.24, 2.45) is 7.05 Å². The molecule has 1 fully saturated rings. The number of ether oxygens (including phenoxy) is 2. The number of carbonyl (C=O) groups is 1. The molecule has 4 aromatic rings. The van der Waals surface area contributed by atoms with Crippen molar-refractivity contribution >= 4 is 17.0 Å². The lowest BCUT2D eigenvalue weighted by Crippen LogP contribution is -2.51. The first-order valence-electron chi connectivity index (χ1n) is 13.7. The highest BCUT2D eigenvalue weighted by Crippen LogP contribution is 2.46. The van der Waals surface area contributed by atoms with E-state index in [-0.39, 0.29) is 30.3 Å². The molecule has 2 bridgehead atoms. The number of halogens is 1. The molecule has 5 heterocycles. The molecule has 1 saturated heterocycles. The Bertz CT molecular complexity index is 1650. The van der Waals surface area contributed by atoms with Crippen molar-refractivity contribution in [3.63, 3.8) is 0 Å². The third-order valence-electron chi connectivity index (χ3n) is 7.80. The number of fused-ring (bicyclic) bond motifs is 6. The van der Waals surface area contributed by atoms with Crippen molar-refractivity contribution in [1.82, 2.24) is 19.0 Å². The lowest BCUT2D eigenvalue weighted by molar-refractivity contribution is -0.00973. The fourth-order valence-electron chi connectivity index (χ4n) is 6.07. The van der Waals surface area contributed by atoms with Crippen molar-refractivity contribution in [2.45, 2.75) is 70.7 Å². The Morgan fingerprint density at radius 1 is 1.12 bits per heavy atom. The van der Waals surface area contributed by atoms with Crippen LogP contribution in [-0.2, 0) is 24.8 Å². The van der Waals surface area contributed by atoms with Crippen molar-refractivity contribution in [3.05, 3.63) is 88.0 Å². The number of hydrogen-bond acceptors (Lipinski definition) is 5. The SMILES string of the molecule is Cn1c2c(c3ccc(-n4ccc(OCc5ccc(F)cn5)cc4=O)cc31)C1CCCC(C2)N1C(=O)OC(C)(C)C. The van der Waals surface area contributed by atoms with Gasteiger partial charge in [0.15, 0.2) is 0 Å². The first kappa shape index (κ1) is 26.1. The number of piperidine rings is 1. The average molecular weight is 545 g/mol. The van der Waals surface area contributed by atoms with Gasteiger partial charge in [-0.2, -0.15) is 0 Å². The summed E-state index contributed by atoms with van der Waals surface area (Å²) in [6.07, 6.45) is 6.30. The highest BCUT2D eigenvalue weighted by molar-refractivity contribution is 5.89. The molecule has 9 heteroatoms. The van der Waals surface area contributed by atoms with Crippen LogP contribution in [0.5, 0.6) is 5.75 Å². The van der Waals surface area contributed by atoms with Crippen molar-refractivity contribution in [2.75, 3.05) is 0 Å². The van der Waals surface area contributed by atoms with Gasteiger partial charge in [-0.05, 0) is 70.4 Å². The minimum Gasteiger partial charge on any atom is -0.487 e. The molecular weight excluding hydrogens is 511 g/mol. The largest absolute Gasteiger partial charge is 0.487 e. The van der Waals surface area contributed by atoms with Crippen LogP contribution < -0.4 is 10.3 Å². The first-order valence-corrected chi connectivity index (χ1v) is 13.7. The molecule has 0 radical (unpaired) electrons. The monoisotopic (exact) mass is 544 g/mol. The van der Waals surface area contributed by atoms with Gasteiger partial charge in [0.25, 0.3) is 5.56 Å². The van der Waals surface area contributed by atoms with E-state index in [1.807, 2.05) is 37.8 Å². The van der Waals surface area contributed by atoms with Gasteiger partial charge in [-0.3, -0.25) is 19.2 Å². The minimum absolute atomic E-state index is 0.0262. The molecule has 2 aliphatic rings. The molecule has 6 rings (SSSR count). The molecule has 2 aliphatic heterocycles. The van der Waals surface area contributed by atoms with Gasteiger partial charge in [0, 0.05) is 48.4 Å². The number of nitrogens with zero attached hydrogens (tertiary/aromatic N) is 4. The molecule has 1 amide bonds. The average Bonchev–Trinajstić information content (AvgIpc) is 3.17. The third-order valence-corrected chi connectivity index (χ3v) is 7.80. The highest BCUT2D eigenvalue weighted by atomic mass is 19.1. The Morgan fingerprint density at radius 2 is 1.95 bits per heavy atom. The topological polar surface area (TPSA) is 78.6 Å². The molecular formula is C31H33FN4O4. The highest BCUT2D eigenvalue weighted by Gasteiger charge is 2.44. The summed E-state index contributed by atoms with van der Waals surface area (Å²) in [5, 5.41) is 1.10. The van der Waals surface area contributed by atoms with Gasteiger partial charge in [-0.15, -0.1) is 0 Å². The maximum absolute atomic E-state index is 13.3. The Balaban J connectivity index is 1.30. The summed E-state index contributed by atoms with van der Waals surface area (Å²) in [5.74, 6) is 0.00288. The maximum atomic E-state index is 13.3. The number of aryl methyl sites for hydroxylation is 1. The van der Waals surface area contributed by atoms with Crippen LogP contribution in [0.4, 0.5) is 9.18 Å². The number of carbonyl (C=O) groups excluding carboxylic acids is 1. The van der Waals surface area contributed by atoms with Gasteiger partial charge in [0.2, 0.25) is 0 Å². The predicted molar refractivity (Wildman–Crippen MR) is 149 cm³/mol. The maximum Gasteiger partial charge on any atom is 0.411 e. The normalized spacial score (nSPS) is 18.5. The molecule has 208 valence electrons. The van der Waals surface area contributed by atoms with E-state index in [4.69, 9.17) is 9.47 Å². The summed E-state index contributed by atoms with van der Waals surface area (Å²) < 4.78 is 28.4. The Labute approximate surface area is 232 Å². The third kappa shape index (κ3) is 4.74. The number of pyridine rings is 2. The van der Waals surface area contributed by atoms with Crippen molar-refractivity contribution in [1.29, 1.82) is 0 Å². The predicted octanol–water partition coefficient (Wildman–Crippen LogP) is 5.83. The van der Waals surface area contributed by atoms with E-state index in [1.54, 1.807) is 22.9 Å². The number of rotatable bonds is 4. The quantitative estimate of drug-likeness (QED) is 0.323. The fraction of sp³-hybridized carbons (Fsp3) is 0.387. The summed E-state index contributed by atoms with van der Waals surface area (Å²) in [5.41, 5.74) is 3.99. The Kier molecular flexibility index (Phi) is 6.40. The second kappa shape index (κ2) is 9.80. The number of benzene rings is 1. The van der Waals surface area contributed by atoms with Crippen LogP contribution in [0.1, 0.15) is 63.0 Å². The molecule has 0 N–H and O–H groups in total. The second-order valence-corrected chi connectivity index (χ2v) is 11.6. The van der Waals surface area contributed by atoms with Crippen molar-refractivity contribution in [3.8, 4) is 11.4 Å². The zero-order chi connectivity index (χ0) is 28.2. The van der Waals surface area contributed by atoms with E-state index >= 15 is 0 Å². The number of hydrogen-bond donors (Lipinski definition) is 0.